The largest absolute Gasteiger partial charge is 0.495 e. The van der Waals surface area contributed by atoms with E-state index < -0.39 is 0 Å². The molecule has 33 heavy (non-hydrogen) atoms. The standard InChI is InChI=1S/C27H22ClN3O2/c1-33-24-9-4-8-22(25(24)28)27(32)30-19-11-13-20(14-12-19)31-17-5-16-29-26-21-7-3-2-6-18(21)10-15-23(26)31/h2-15,17,29H,16H2,1H3,(H,30,32). The molecule has 0 aromatic heterocycles. The van der Waals surface area contributed by atoms with Crippen molar-refractivity contribution in [3.63, 3.8) is 0 Å². The molecule has 5 nitrogen and oxygen atoms in total. The zero-order chi connectivity index (χ0) is 22.8. The maximum Gasteiger partial charge on any atom is 0.257 e. The summed E-state index contributed by atoms with van der Waals surface area (Å²) in [5.74, 6) is 0.176. The second kappa shape index (κ2) is 8.88. The van der Waals surface area contributed by atoms with Crippen LogP contribution in [0.4, 0.5) is 22.7 Å². The maximum absolute atomic E-state index is 12.7. The van der Waals surface area contributed by atoms with Crippen molar-refractivity contribution in [2.75, 3.05) is 29.2 Å². The Hall–Kier alpha value is -3.96. The van der Waals surface area contributed by atoms with Gasteiger partial charge in [-0.2, -0.15) is 0 Å². The summed E-state index contributed by atoms with van der Waals surface area (Å²) < 4.78 is 5.21. The molecule has 1 heterocycles. The van der Waals surface area contributed by atoms with Gasteiger partial charge in [0.15, 0.2) is 0 Å². The molecule has 1 amide bonds. The number of fused-ring (bicyclic) bond motifs is 3. The van der Waals surface area contributed by atoms with Gasteiger partial charge in [-0.3, -0.25) is 4.79 Å². The van der Waals surface area contributed by atoms with Gasteiger partial charge < -0.3 is 20.3 Å². The first-order chi connectivity index (χ1) is 16.2. The molecule has 5 rings (SSSR count). The summed E-state index contributed by atoms with van der Waals surface area (Å²) in [5, 5.41) is 9.11. The molecular formula is C27H22ClN3O2. The zero-order valence-electron chi connectivity index (χ0n) is 18.0. The van der Waals surface area contributed by atoms with Crippen LogP contribution in [0.1, 0.15) is 10.4 Å². The molecule has 2 N–H and O–H groups in total. The lowest BCUT2D eigenvalue weighted by molar-refractivity contribution is 0.102. The van der Waals surface area contributed by atoms with Gasteiger partial charge >= 0.3 is 0 Å². The van der Waals surface area contributed by atoms with Crippen molar-refractivity contribution in [3.8, 4) is 5.75 Å². The maximum atomic E-state index is 12.7. The quantitative estimate of drug-likeness (QED) is 0.354. The Kier molecular flexibility index (Phi) is 5.63. The van der Waals surface area contributed by atoms with Gasteiger partial charge in [0.05, 0.1) is 29.1 Å². The number of halogens is 1. The lowest BCUT2D eigenvalue weighted by atomic mass is 10.1. The molecule has 164 valence electrons. The van der Waals surface area contributed by atoms with E-state index in [1.54, 1.807) is 18.2 Å². The molecule has 1 aliphatic heterocycles. The summed E-state index contributed by atoms with van der Waals surface area (Å²) >= 11 is 6.30. The molecule has 0 aliphatic carbocycles. The van der Waals surface area contributed by atoms with E-state index in [-0.39, 0.29) is 5.91 Å². The number of anilines is 4. The molecule has 0 radical (unpaired) electrons. The van der Waals surface area contributed by atoms with E-state index in [2.05, 4.69) is 58.1 Å². The Morgan fingerprint density at radius 2 is 1.82 bits per heavy atom. The summed E-state index contributed by atoms with van der Waals surface area (Å²) in [5.41, 5.74) is 4.20. The third-order valence-electron chi connectivity index (χ3n) is 5.65. The van der Waals surface area contributed by atoms with Crippen molar-refractivity contribution in [1.29, 1.82) is 0 Å². The molecule has 4 aromatic rings. The van der Waals surface area contributed by atoms with E-state index in [0.717, 1.165) is 23.6 Å². The average Bonchev–Trinajstić information content (AvgIpc) is 3.07. The van der Waals surface area contributed by atoms with Crippen molar-refractivity contribution in [1.82, 2.24) is 0 Å². The number of hydrogen-bond donors (Lipinski definition) is 2. The number of nitrogens with one attached hydrogen (secondary N) is 2. The van der Waals surface area contributed by atoms with Crippen LogP contribution in [0.5, 0.6) is 5.75 Å². The average molecular weight is 456 g/mol. The SMILES string of the molecule is COc1cccc(C(=O)Nc2ccc(N3C=CCNc4c3ccc3ccccc43)cc2)c1Cl. The summed E-state index contributed by atoms with van der Waals surface area (Å²) in [6.45, 7) is 0.743. The minimum absolute atomic E-state index is 0.290. The molecule has 0 bridgehead atoms. The van der Waals surface area contributed by atoms with Crippen molar-refractivity contribution < 1.29 is 9.53 Å². The van der Waals surface area contributed by atoms with E-state index in [9.17, 15) is 4.79 Å². The first kappa shape index (κ1) is 20.9. The van der Waals surface area contributed by atoms with Crippen LogP contribution in [-0.4, -0.2) is 19.6 Å². The van der Waals surface area contributed by atoms with Crippen LogP contribution >= 0.6 is 11.6 Å². The summed E-state index contributed by atoms with van der Waals surface area (Å²) in [4.78, 5) is 14.9. The highest BCUT2D eigenvalue weighted by Crippen LogP contribution is 2.39. The third kappa shape index (κ3) is 3.99. The van der Waals surface area contributed by atoms with Gasteiger partial charge in [0, 0.05) is 29.5 Å². The second-order valence-electron chi connectivity index (χ2n) is 7.64. The number of methoxy groups -OCH3 is 1. The zero-order valence-corrected chi connectivity index (χ0v) is 18.8. The molecular weight excluding hydrogens is 434 g/mol. The van der Waals surface area contributed by atoms with Gasteiger partial charge in [-0.05, 0) is 53.9 Å². The lowest BCUT2D eigenvalue weighted by Gasteiger charge is -2.23. The molecule has 0 saturated carbocycles. The van der Waals surface area contributed by atoms with Crippen LogP contribution in [0, 0.1) is 0 Å². The Morgan fingerprint density at radius 1 is 1.00 bits per heavy atom. The Morgan fingerprint density at radius 3 is 2.64 bits per heavy atom. The minimum atomic E-state index is -0.290. The first-order valence-electron chi connectivity index (χ1n) is 10.6. The number of rotatable bonds is 4. The predicted octanol–water partition coefficient (Wildman–Crippen LogP) is 6.83. The Balaban J connectivity index is 1.42. The molecule has 0 atom stereocenters. The number of carbonyl (C=O) groups is 1. The summed E-state index contributed by atoms with van der Waals surface area (Å²) in [7, 11) is 1.52. The van der Waals surface area contributed by atoms with E-state index >= 15 is 0 Å². The third-order valence-corrected chi connectivity index (χ3v) is 6.04. The molecule has 0 saturated heterocycles. The van der Waals surface area contributed by atoms with Gasteiger partial charge in [0.25, 0.3) is 5.91 Å². The molecule has 0 fully saturated rings. The lowest BCUT2D eigenvalue weighted by Crippen LogP contribution is -2.13. The topological polar surface area (TPSA) is 53.6 Å². The highest BCUT2D eigenvalue weighted by atomic mass is 35.5. The number of amides is 1. The van der Waals surface area contributed by atoms with Crippen LogP contribution in [0.15, 0.2) is 91.1 Å². The monoisotopic (exact) mass is 455 g/mol. The number of nitrogens with zero attached hydrogens (tertiary/aromatic N) is 1. The van der Waals surface area contributed by atoms with Crippen molar-refractivity contribution in [2.24, 2.45) is 0 Å². The van der Waals surface area contributed by atoms with Crippen LogP contribution in [-0.2, 0) is 0 Å². The van der Waals surface area contributed by atoms with Crippen LogP contribution < -0.4 is 20.3 Å². The van der Waals surface area contributed by atoms with Gasteiger partial charge in [-0.15, -0.1) is 0 Å². The minimum Gasteiger partial charge on any atom is -0.495 e. The highest BCUT2D eigenvalue weighted by molar-refractivity contribution is 6.35. The fourth-order valence-electron chi connectivity index (χ4n) is 4.02. The highest BCUT2D eigenvalue weighted by Gasteiger charge is 2.17. The molecule has 6 heteroatoms. The second-order valence-corrected chi connectivity index (χ2v) is 8.02. The predicted molar refractivity (Wildman–Crippen MR) is 136 cm³/mol. The molecule has 0 spiro atoms. The Bertz CT molecular complexity index is 1370. The van der Waals surface area contributed by atoms with E-state index in [1.807, 2.05) is 30.3 Å². The van der Waals surface area contributed by atoms with Gasteiger partial charge in [0.1, 0.15) is 5.75 Å². The molecule has 0 unspecified atom stereocenters. The van der Waals surface area contributed by atoms with Crippen LogP contribution in [0.25, 0.3) is 10.8 Å². The summed E-state index contributed by atoms with van der Waals surface area (Å²) in [6.07, 6.45) is 4.16. The fraction of sp³-hybridized carbons (Fsp3) is 0.0741. The fourth-order valence-corrected chi connectivity index (χ4v) is 4.31. The van der Waals surface area contributed by atoms with Crippen molar-refractivity contribution >= 4 is 51.0 Å². The normalized spacial score (nSPS) is 12.6. The number of benzene rings is 4. The number of carbonyl (C=O) groups excluding carboxylic acids is 1. The van der Waals surface area contributed by atoms with Crippen molar-refractivity contribution in [2.45, 2.75) is 0 Å². The van der Waals surface area contributed by atoms with Gasteiger partial charge in [0.2, 0.25) is 0 Å². The smallest absolute Gasteiger partial charge is 0.257 e. The summed E-state index contributed by atoms with van der Waals surface area (Å²) in [6, 6.07) is 25.5. The van der Waals surface area contributed by atoms with E-state index in [4.69, 9.17) is 16.3 Å². The molecule has 4 aromatic carbocycles. The first-order valence-corrected chi connectivity index (χ1v) is 11.0. The van der Waals surface area contributed by atoms with E-state index in [1.165, 1.54) is 17.9 Å². The number of hydrogen-bond acceptors (Lipinski definition) is 4. The van der Waals surface area contributed by atoms with Crippen LogP contribution in [0.3, 0.4) is 0 Å². The Labute approximate surface area is 197 Å². The van der Waals surface area contributed by atoms with Crippen molar-refractivity contribution in [3.05, 3.63) is 102 Å². The van der Waals surface area contributed by atoms with Gasteiger partial charge in [-0.1, -0.05) is 48.0 Å². The van der Waals surface area contributed by atoms with E-state index in [0.29, 0.717) is 22.0 Å². The van der Waals surface area contributed by atoms with Gasteiger partial charge in [-0.25, -0.2) is 0 Å². The number of ether oxygens (including phenoxy) is 1. The van der Waals surface area contributed by atoms with Crippen LogP contribution in [0.2, 0.25) is 5.02 Å². The molecule has 1 aliphatic rings.